The van der Waals surface area contributed by atoms with Crippen LogP contribution in [0.25, 0.3) is 0 Å². The van der Waals surface area contributed by atoms with E-state index >= 15 is 0 Å². The third kappa shape index (κ3) is 2.82. The van der Waals surface area contributed by atoms with Crippen molar-refractivity contribution in [1.29, 1.82) is 0 Å². The fourth-order valence-electron chi connectivity index (χ4n) is 2.11. The molecule has 0 atom stereocenters. The van der Waals surface area contributed by atoms with E-state index in [2.05, 4.69) is 5.32 Å². The third-order valence-electron chi connectivity index (χ3n) is 3.07. The van der Waals surface area contributed by atoms with Crippen LogP contribution in [-0.2, 0) is 4.79 Å². The van der Waals surface area contributed by atoms with Crippen LogP contribution in [0.3, 0.4) is 0 Å². The Kier molecular flexibility index (Phi) is 4.20. The van der Waals surface area contributed by atoms with Crippen LogP contribution in [0, 0.1) is 0 Å². The van der Waals surface area contributed by atoms with E-state index in [4.69, 9.17) is 11.6 Å². The smallest absolute Gasteiger partial charge is 0.253 e. The lowest BCUT2D eigenvalue weighted by Crippen LogP contribution is -2.35. The van der Waals surface area contributed by atoms with E-state index in [-0.39, 0.29) is 5.91 Å². The molecule has 0 spiro atoms. The average molecular weight is 267 g/mol. The standard InChI is InChI=1S/C13H15ClN2O2/c14-11-5-4-10(8-12(11)15-9-17)13(18)16-6-2-1-3-7-16/h4-5,8-9H,1-3,6-7H2,(H,15,17). The van der Waals surface area contributed by atoms with Gasteiger partial charge in [0, 0.05) is 18.7 Å². The summed E-state index contributed by atoms with van der Waals surface area (Å²) >= 11 is 5.92. The first-order chi connectivity index (χ1) is 8.72. The van der Waals surface area contributed by atoms with Crippen LogP contribution in [0.2, 0.25) is 5.02 Å². The first kappa shape index (κ1) is 12.9. The van der Waals surface area contributed by atoms with Gasteiger partial charge in [-0.1, -0.05) is 11.6 Å². The molecule has 1 aromatic rings. The number of carbonyl (C=O) groups is 2. The van der Waals surface area contributed by atoms with Crippen LogP contribution in [0.1, 0.15) is 29.6 Å². The molecule has 1 fully saturated rings. The third-order valence-corrected chi connectivity index (χ3v) is 3.40. The molecule has 1 aliphatic rings. The van der Waals surface area contributed by atoms with Gasteiger partial charge < -0.3 is 10.2 Å². The van der Waals surface area contributed by atoms with Crippen molar-refractivity contribution in [3.63, 3.8) is 0 Å². The molecule has 1 heterocycles. The predicted octanol–water partition coefficient (Wildman–Crippen LogP) is 2.53. The Balaban J connectivity index is 2.18. The van der Waals surface area contributed by atoms with Crippen LogP contribution in [0.4, 0.5) is 5.69 Å². The number of nitrogens with one attached hydrogen (secondary N) is 1. The van der Waals surface area contributed by atoms with Gasteiger partial charge in [0.15, 0.2) is 0 Å². The first-order valence-corrected chi connectivity index (χ1v) is 6.39. The molecule has 1 aliphatic heterocycles. The highest BCUT2D eigenvalue weighted by Gasteiger charge is 2.18. The van der Waals surface area contributed by atoms with Crippen LogP contribution >= 0.6 is 11.6 Å². The second-order valence-electron chi connectivity index (χ2n) is 4.31. The van der Waals surface area contributed by atoms with E-state index in [1.807, 2.05) is 4.90 Å². The van der Waals surface area contributed by atoms with Crippen molar-refractivity contribution in [2.24, 2.45) is 0 Å². The van der Waals surface area contributed by atoms with Crippen molar-refractivity contribution >= 4 is 29.6 Å². The summed E-state index contributed by atoms with van der Waals surface area (Å²) in [5.41, 5.74) is 1.03. The fourth-order valence-corrected chi connectivity index (χ4v) is 2.28. The Morgan fingerprint density at radius 2 is 2.00 bits per heavy atom. The Morgan fingerprint density at radius 3 is 2.67 bits per heavy atom. The molecule has 1 N–H and O–H groups in total. The van der Waals surface area contributed by atoms with E-state index in [0.29, 0.717) is 22.7 Å². The number of carbonyl (C=O) groups excluding carboxylic acids is 2. The SMILES string of the molecule is O=CNc1cc(C(=O)N2CCCCC2)ccc1Cl. The Hall–Kier alpha value is -1.55. The van der Waals surface area contributed by atoms with Crippen molar-refractivity contribution in [2.45, 2.75) is 19.3 Å². The Bertz CT molecular complexity index is 456. The van der Waals surface area contributed by atoms with Gasteiger partial charge >= 0.3 is 0 Å². The number of amides is 2. The molecular weight excluding hydrogens is 252 g/mol. The summed E-state index contributed by atoms with van der Waals surface area (Å²) in [5, 5.41) is 2.92. The van der Waals surface area contributed by atoms with Crippen LogP contribution in [0.5, 0.6) is 0 Å². The summed E-state index contributed by atoms with van der Waals surface area (Å²) < 4.78 is 0. The second-order valence-corrected chi connectivity index (χ2v) is 4.72. The van der Waals surface area contributed by atoms with Gasteiger partial charge in [-0.25, -0.2) is 0 Å². The topological polar surface area (TPSA) is 49.4 Å². The minimum atomic E-state index is 0.000292. The summed E-state index contributed by atoms with van der Waals surface area (Å²) in [6.45, 7) is 1.61. The van der Waals surface area contributed by atoms with Crippen molar-refractivity contribution < 1.29 is 9.59 Å². The number of halogens is 1. The quantitative estimate of drug-likeness (QED) is 0.855. The number of hydrogen-bond donors (Lipinski definition) is 1. The monoisotopic (exact) mass is 266 g/mol. The van der Waals surface area contributed by atoms with Gasteiger partial charge in [0.05, 0.1) is 10.7 Å². The number of anilines is 1. The molecule has 5 heteroatoms. The molecule has 0 saturated carbocycles. The van der Waals surface area contributed by atoms with Crippen molar-refractivity contribution in [1.82, 2.24) is 4.90 Å². The molecule has 18 heavy (non-hydrogen) atoms. The minimum Gasteiger partial charge on any atom is -0.339 e. The van der Waals surface area contributed by atoms with Crippen LogP contribution in [-0.4, -0.2) is 30.3 Å². The van der Waals surface area contributed by atoms with Crippen LogP contribution in [0.15, 0.2) is 18.2 Å². The molecule has 2 amide bonds. The second kappa shape index (κ2) is 5.87. The van der Waals surface area contributed by atoms with Gasteiger partial charge in [0.1, 0.15) is 0 Å². The largest absolute Gasteiger partial charge is 0.339 e. The maximum Gasteiger partial charge on any atom is 0.253 e. The summed E-state index contributed by atoms with van der Waals surface area (Å²) in [7, 11) is 0. The fraction of sp³-hybridized carbons (Fsp3) is 0.385. The number of likely N-dealkylation sites (tertiary alicyclic amines) is 1. The van der Waals surface area contributed by atoms with Gasteiger partial charge in [0.25, 0.3) is 5.91 Å². The number of rotatable bonds is 3. The molecule has 1 saturated heterocycles. The molecule has 96 valence electrons. The lowest BCUT2D eigenvalue weighted by atomic mass is 10.1. The van der Waals surface area contributed by atoms with Gasteiger partial charge in [0.2, 0.25) is 6.41 Å². The number of nitrogens with zero attached hydrogens (tertiary/aromatic N) is 1. The molecule has 4 nitrogen and oxygen atoms in total. The highest BCUT2D eigenvalue weighted by Crippen LogP contribution is 2.24. The highest BCUT2D eigenvalue weighted by atomic mass is 35.5. The van der Waals surface area contributed by atoms with Crippen molar-refractivity contribution in [2.75, 3.05) is 18.4 Å². The van der Waals surface area contributed by atoms with Gasteiger partial charge in [-0.2, -0.15) is 0 Å². The summed E-state index contributed by atoms with van der Waals surface area (Å²) in [4.78, 5) is 24.5. The summed E-state index contributed by atoms with van der Waals surface area (Å²) in [6.07, 6.45) is 3.84. The zero-order chi connectivity index (χ0) is 13.0. The molecule has 0 unspecified atom stereocenters. The van der Waals surface area contributed by atoms with Crippen molar-refractivity contribution in [3.05, 3.63) is 28.8 Å². The van der Waals surface area contributed by atoms with E-state index in [0.717, 1.165) is 25.9 Å². The molecule has 0 radical (unpaired) electrons. The highest BCUT2D eigenvalue weighted by molar-refractivity contribution is 6.33. The molecule has 1 aromatic carbocycles. The summed E-state index contributed by atoms with van der Waals surface area (Å²) in [5.74, 6) is 0.000292. The molecule has 2 rings (SSSR count). The lowest BCUT2D eigenvalue weighted by Gasteiger charge is -2.26. The van der Waals surface area contributed by atoms with E-state index in [9.17, 15) is 9.59 Å². The van der Waals surface area contributed by atoms with Gasteiger partial charge in [-0.15, -0.1) is 0 Å². The maximum absolute atomic E-state index is 12.2. The molecule has 0 aliphatic carbocycles. The Labute approximate surface area is 111 Å². The predicted molar refractivity (Wildman–Crippen MR) is 70.9 cm³/mol. The zero-order valence-corrected chi connectivity index (χ0v) is 10.7. The number of piperidine rings is 1. The minimum absolute atomic E-state index is 0.000292. The molecule has 0 bridgehead atoms. The van der Waals surface area contributed by atoms with E-state index in [1.54, 1.807) is 18.2 Å². The van der Waals surface area contributed by atoms with Gasteiger partial charge in [-0.3, -0.25) is 9.59 Å². The van der Waals surface area contributed by atoms with E-state index in [1.165, 1.54) is 6.42 Å². The number of benzene rings is 1. The number of hydrogen-bond acceptors (Lipinski definition) is 2. The first-order valence-electron chi connectivity index (χ1n) is 6.01. The van der Waals surface area contributed by atoms with Crippen molar-refractivity contribution in [3.8, 4) is 0 Å². The molecular formula is C13H15ClN2O2. The zero-order valence-electron chi connectivity index (χ0n) is 9.99. The maximum atomic E-state index is 12.2. The van der Waals surface area contributed by atoms with Gasteiger partial charge in [-0.05, 0) is 37.5 Å². The normalized spacial score (nSPS) is 15.3. The summed E-state index contributed by atoms with van der Waals surface area (Å²) in [6, 6.07) is 4.94. The van der Waals surface area contributed by atoms with Crippen LogP contribution < -0.4 is 5.32 Å². The van der Waals surface area contributed by atoms with E-state index < -0.39 is 0 Å². The lowest BCUT2D eigenvalue weighted by molar-refractivity contribution is -0.105. The Morgan fingerprint density at radius 1 is 1.28 bits per heavy atom. The average Bonchev–Trinajstić information content (AvgIpc) is 2.42. The molecule has 0 aromatic heterocycles.